The number of para-hydroxylation sites is 1. The van der Waals surface area contributed by atoms with Gasteiger partial charge in [0.2, 0.25) is 0 Å². The molecule has 7 nitrogen and oxygen atoms in total. The second-order valence-corrected chi connectivity index (χ2v) is 8.45. The van der Waals surface area contributed by atoms with Crippen molar-refractivity contribution in [1.29, 1.82) is 0 Å². The fourth-order valence-corrected chi connectivity index (χ4v) is 4.94. The molecule has 6 rings (SSSR count). The normalized spacial score (nSPS) is 14.9. The number of aromatic carboxylic acids is 1. The molecule has 3 aromatic carbocycles. The molecule has 0 spiro atoms. The third-order valence-corrected chi connectivity index (χ3v) is 6.50. The van der Waals surface area contributed by atoms with Crippen molar-refractivity contribution in [2.75, 3.05) is 23.3 Å². The van der Waals surface area contributed by atoms with Crippen LogP contribution < -0.4 is 10.2 Å². The Morgan fingerprint density at radius 3 is 2.48 bits per heavy atom. The van der Waals surface area contributed by atoms with Gasteiger partial charge < -0.3 is 19.8 Å². The summed E-state index contributed by atoms with van der Waals surface area (Å²) in [6.07, 6.45) is 3.35. The largest absolute Gasteiger partial charge is 0.478 e. The quantitative estimate of drug-likeness (QED) is 0.383. The average Bonchev–Trinajstić information content (AvgIpc) is 3.29. The van der Waals surface area contributed by atoms with Gasteiger partial charge in [-0.3, -0.25) is 4.79 Å². The lowest BCUT2D eigenvalue weighted by Crippen LogP contribution is -2.30. The van der Waals surface area contributed by atoms with Crippen LogP contribution in [0.4, 0.5) is 17.1 Å². The molecule has 0 unspecified atom stereocenters. The molecule has 1 aliphatic carbocycles. The van der Waals surface area contributed by atoms with Gasteiger partial charge in [0.05, 0.1) is 33.6 Å². The average molecular weight is 439 g/mol. The first-order chi connectivity index (χ1) is 16.1. The molecule has 164 valence electrons. The number of anilines is 3. The van der Waals surface area contributed by atoms with Crippen molar-refractivity contribution in [2.45, 2.75) is 19.3 Å². The number of aromatic nitrogens is 1. The summed E-state index contributed by atoms with van der Waals surface area (Å²) >= 11 is 0. The van der Waals surface area contributed by atoms with Crippen LogP contribution in [0.1, 0.15) is 45.5 Å². The molecule has 7 heteroatoms. The molecule has 1 fully saturated rings. The molecule has 2 heterocycles. The minimum absolute atomic E-state index is 0.133. The van der Waals surface area contributed by atoms with Gasteiger partial charge in [0.1, 0.15) is 5.52 Å². The molecule has 1 aromatic heterocycles. The van der Waals surface area contributed by atoms with Gasteiger partial charge in [-0.2, -0.15) is 0 Å². The van der Waals surface area contributed by atoms with Gasteiger partial charge in [-0.05, 0) is 37.5 Å². The van der Waals surface area contributed by atoms with Gasteiger partial charge in [0, 0.05) is 24.2 Å². The predicted molar refractivity (Wildman–Crippen MR) is 126 cm³/mol. The zero-order valence-corrected chi connectivity index (χ0v) is 17.8. The van der Waals surface area contributed by atoms with Gasteiger partial charge in [-0.15, -0.1) is 0 Å². The van der Waals surface area contributed by atoms with E-state index in [9.17, 15) is 14.7 Å². The fourth-order valence-electron chi connectivity index (χ4n) is 4.94. The summed E-state index contributed by atoms with van der Waals surface area (Å²) in [6.45, 7) is 1.79. The van der Waals surface area contributed by atoms with Crippen molar-refractivity contribution in [3.8, 4) is 11.3 Å². The monoisotopic (exact) mass is 439 g/mol. The Morgan fingerprint density at radius 1 is 0.970 bits per heavy atom. The standard InChI is InChI=1S/C26H21N3O4/c30-24-15-8-2-3-9-16(15)25-22-21(24)19(27-18-11-5-4-10-17(18)26(31)32)14-20(23(22)28-33-25)29-12-6-1-7-13-29/h2-5,8-11,14,27H,1,6-7,12-13H2,(H,31,32). The zero-order valence-electron chi connectivity index (χ0n) is 17.8. The van der Waals surface area contributed by atoms with E-state index < -0.39 is 5.97 Å². The number of ketones is 1. The maximum absolute atomic E-state index is 13.7. The van der Waals surface area contributed by atoms with Crippen LogP contribution in [0.15, 0.2) is 59.1 Å². The van der Waals surface area contributed by atoms with Crippen LogP contribution in [-0.4, -0.2) is 35.1 Å². The highest BCUT2D eigenvalue weighted by atomic mass is 16.5. The van der Waals surface area contributed by atoms with E-state index in [4.69, 9.17) is 4.52 Å². The summed E-state index contributed by atoms with van der Waals surface area (Å²) in [6, 6.07) is 16.0. The first-order valence-electron chi connectivity index (χ1n) is 11.1. The Bertz CT molecular complexity index is 1430. The molecule has 0 atom stereocenters. The van der Waals surface area contributed by atoms with Gasteiger partial charge in [-0.1, -0.05) is 41.6 Å². The number of piperidine rings is 1. The number of hydrogen-bond donors (Lipinski definition) is 2. The van der Waals surface area contributed by atoms with Crippen molar-refractivity contribution >= 4 is 39.7 Å². The molecular weight excluding hydrogens is 418 g/mol. The molecular formula is C26H21N3O4. The topological polar surface area (TPSA) is 95.7 Å². The Hall–Kier alpha value is -4.13. The van der Waals surface area contributed by atoms with Crippen molar-refractivity contribution in [3.05, 3.63) is 71.3 Å². The second kappa shape index (κ2) is 7.48. The van der Waals surface area contributed by atoms with E-state index in [1.54, 1.807) is 30.3 Å². The molecule has 0 radical (unpaired) electrons. The number of nitrogens with zero attached hydrogens (tertiary/aromatic N) is 2. The summed E-state index contributed by atoms with van der Waals surface area (Å²) in [7, 11) is 0. The second-order valence-electron chi connectivity index (χ2n) is 8.45. The molecule has 2 N–H and O–H groups in total. The smallest absolute Gasteiger partial charge is 0.337 e. The van der Waals surface area contributed by atoms with Crippen LogP contribution in [0.2, 0.25) is 0 Å². The predicted octanol–water partition coefficient (Wildman–Crippen LogP) is 5.47. The number of rotatable bonds is 4. The maximum atomic E-state index is 13.7. The van der Waals surface area contributed by atoms with Crippen LogP contribution in [0.5, 0.6) is 0 Å². The molecule has 0 bridgehead atoms. The lowest BCUT2D eigenvalue weighted by atomic mass is 9.86. The lowest BCUT2D eigenvalue weighted by molar-refractivity contribution is 0.0698. The molecule has 4 aromatic rings. The van der Waals surface area contributed by atoms with Crippen molar-refractivity contribution < 1.29 is 19.2 Å². The first-order valence-corrected chi connectivity index (χ1v) is 11.1. The summed E-state index contributed by atoms with van der Waals surface area (Å²) < 4.78 is 5.82. The maximum Gasteiger partial charge on any atom is 0.337 e. The molecule has 1 aliphatic heterocycles. The van der Waals surface area contributed by atoms with Crippen molar-refractivity contribution in [1.82, 2.24) is 5.16 Å². The van der Waals surface area contributed by atoms with Gasteiger partial charge in [0.15, 0.2) is 11.5 Å². The SMILES string of the molecule is O=C(O)c1ccccc1Nc1cc(N2CCCCC2)c2noc3c2c1C(=O)c1ccccc1-3. The Labute approximate surface area is 189 Å². The number of carboxylic acid groups (broad SMARTS) is 1. The number of hydrogen-bond acceptors (Lipinski definition) is 6. The number of carbonyl (C=O) groups excluding carboxylic acids is 1. The van der Waals surface area contributed by atoms with E-state index in [1.807, 2.05) is 24.3 Å². The highest BCUT2D eigenvalue weighted by Gasteiger charge is 2.34. The van der Waals surface area contributed by atoms with E-state index in [-0.39, 0.29) is 11.3 Å². The minimum Gasteiger partial charge on any atom is -0.478 e. The van der Waals surface area contributed by atoms with Crippen molar-refractivity contribution in [3.63, 3.8) is 0 Å². The number of carboxylic acids is 1. The fraction of sp³-hybridized carbons (Fsp3) is 0.192. The van der Waals surface area contributed by atoms with Crippen LogP contribution >= 0.6 is 0 Å². The Balaban J connectivity index is 1.62. The van der Waals surface area contributed by atoms with Crippen LogP contribution in [0, 0.1) is 0 Å². The summed E-state index contributed by atoms with van der Waals surface area (Å²) in [4.78, 5) is 27.7. The molecule has 33 heavy (non-hydrogen) atoms. The Kier molecular flexibility index (Phi) is 4.43. The Morgan fingerprint density at radius 2 is 1.70 bits per heavy atom. The number of nitrogens with one attached hydrogen (secondary N) is 1. The van der Waals surface area contributed by atoms with Crippen LogP contribution in [0.3, 0.4) is 0 Å². The van der Waals surface area contributed by atoms with Gasteiger partial charge in [-0.25, -0.2) is 4.79 Å². The third kappa shape index (κ3) is 3.00. The van der Waals surface area contributed by atoms with E-state index in [0.717, 1.165) is 37.2 Å². The van der Waals surface area contributed by atoms with E-state index in [0.29, 0.717) is 39.2 Å². The first kappa shape index (κ1) is 19.5. The molecule has 0 saturated carbocycles. The number of fused-ring (bicyclic) bond motifs is 2. The summed E-state index contributed by atoms with van der Waals surface area (Å²) in [5.41, 5.74) is 4.41. The highest BCUT2D eigenvalue weighted by molar-refractivity contribution is 6.29. The van der Waals surface area contributed by atoms with Gasteiger partial charge >= 0.3 is 5.97 Å². The highest BCUT2D eigenvalue weighted by Crippen LogP contribution is 2.46. The number of carbonyl (C=O) groups is 2. The molecule has 0 amide bonds. The zero-order chi connectivity index (χ0) is 22.5. The summed E-state index contributed by atoms with van der Waals surface area (Å²) in [5.74, 6) is -0.596. The third-order valence-electron chi connectivity index (χ3n) is 6.50. The summed E-state index contributed by atoms with van der Waals surface area (Å²) in [5, 5.41) is 18.0. The molecule has 2 aliphatic rings. The minimum atomic E-state index is -1.04. The van der Waals surface area contributed by atoms with Crippen LogP contribution in [0.25, 0.3) is 22.2 Å². The molecule has 1 saturated heterocycles. The van der Waals surface area contributed by atoms with E-state index in [2.05, 4.69) is 15.4 Å². The van der Waals surface area contributed by atoms with E-state index >= 15 is 0 Å². The lowest BCUT2D eigenvalue weighted by Gasteiger charge is -2.30. The van der Waals surface area contributed by atoms with Crippen LogP contribution in [-0.2, 0) is 0 Å². The number of benzene rings is 3. The van der Waals surface area contributed by atoms with E-state index in [1.165, 1.54) is 6.42 Å². The van der Waals surface area contributed by atoms with Crippen molar-refractivity contribution in [2.24, 2.45) is 0 Å². The van der Waals surface area contributed by atoms with Gasteiger partial charge in [0.25, 0.3) is 0 Å².